The highest BCUT2D eigenvalue weighted by molar-refractivity contribution is 5.14. The van der Waals surface area contributed by atoms with Gasteiger partial charge in [-0.1, -0.05) is 12.8 Å². The van der Waals surface area contributed by atoms with Crippen LogP contribution >= 0.6 is 0 Å². The molecular weight excluding hydrogens is 188 g/mol. The molecule has 2 heterocycles. The highest BCUT2D eigenvalue weighted by Crippen LogP contribution is 2.36. The molecule has 0 spiro atoms. The summed E-state index contributed by atoms with van der Waals surface area (Å²) in [5, 5.41) is 9.86. The first kappa shape index (κ1) is 9.40. The molecule has 82 valence electrons. The van der Waals surface area contributed by atoms with Gasteiger partial charge in [0.25, 0.3) is 0 Å². The quantitative estimate of drug-likeness (QED) is 0.766. The molecule has 0 bridgehead atoms. The molecule has 3 rings (SSSR count). The minimum absolute atomic E-state index is 0.276. The van der Waals surface area contributed by atoms with E-state index in [2.05, 4.69) is 9.55 Å². The number of imidazole rings is 1. The van der Waals surface area contributed by atoms with E-state index in [-0.39, 0.29) is 6.10 Å². The SMILES string of the molecule is OC1CCCn2c1cnc2C1CCCC1. The number of aliphatic hydroxyl groups excluding tert-OH is 1. The van der Waals surface area contributed by atoms with Gasteiger partial charge in [-0.2, -0.15) is 0 Å². The molecule has 1 atom stereocenters. The molecule has 1 aliphatic carbocycles. The van der Waals surface area contributed by atoms with Crippen LogP contribution in [0.4, 0.5) is 0 Å². The van der Waals surface area contributed by atoms with E-state index >= 15 is 0 Å². The molecule has 1 aliphatic heterocycles. The van der Waals surface area contributed by atoms with Gasteiger partial charge in [0.1, 0.15) is 5.82 Å². The van der Waals surface area contributed by atoms with Crippen LogP contribution in [-0.2, 0) is 6.54 Å². The van der Waals surface area contributed by atoms with E-state index in [1.165, 1.54) is 31.5 Å². The van der Waals surface area contributed by atoms with E-state index < -0.39 is 0 Å². The topological polar surface area (TPSA) is 38.0 Å². The Balaban J connectivity index is 1.95. The number of nitrogens with zero attached hydrogens (tertiary/aromatic N) is 2. The van der Waals surface area contributed by atoms with Crippen LogP contribution in [0, 0.1) is 0 Å². The van der Waals surface area contributed by atoms with E-state index in [0.29, 0.717) is 5.92 Å². The summed E-state index contributed by atoms with van der Waals surface area (Å²) in [5.74, 6) is 1.89. The fourth-order valence-electron chi connectivity index (χ4n) is 3.01. The molecular formula is C12H18N2O. The normalized spacial score (nSPS) is 26.9. The van der Waals surface area contributed by atoms with Crippen molar-refractivity contribution in [3.8, 4) is 0 Å². The predicted molar refractivity (Wildman–Crippen MR) is 57.6 cm³/mol. The van der Waals surface area contributed by atoms with E-state index in [4.69, 9.17) is 0 Å². The number of hydrogen-bond donors (Lipinski definition) is 1. The third-order valence-corrected chi connectivity index (χ3v) is 3.84. The van der Waals surface area contributed by atoms with Gasteiger partial charge in [0.05, 0.1) is 18.0 Å². The molecule has 15 heavy (non-hydrogen) atoms. The lowest BCUT2D eigenvalue weighted by molar-refractivity contribution is 0.138. The van der Waals surface area contributed by atoms with Crippen molar-refractivity contribution in [1.82, 2.24) is 9.55 Å². The number of aromatic nitrogens is 2. The van der Waals surface area contributed by atoms with Crippen molar-refractivity contribution < 1.29 is 5.11 Å². The summed E-state index contributed by atoms with van der Waals surface area (Å²) in [7, 11) is 0. The molecule has 2 aliphatic rings. The van der Waals surface area contributed by atoms with Gasteiger partial charge in [-0.3, -0.25) is 0 Å². The largest absolute Gasteiger partial charge is 0.387 e. The Morgan fingerprint density at radius 3 is 2.80 bits per heavy atom. The van der Waals surface area contributed by atoms with Gasteiger partial charge in [-0.25, -0.2) is 4.98 Å². The standard InChI is InChI=1S/C12H18N2O/c15-11-6-3-7-14-10(11)8-13-12(14)9-4-1-2-5-9/h8-9,11,15H,1-7H2. The number of aliphatic hydroxyl groups is 1. The summed E-state index contributed by atoms with van der Waals surface area (Å²) in [4.78, 5) is 4.53. The van der Waals surface area contributed by atoms with Crippen LogP contribution in [0.3, 0.4) is 0 Å². The van der Waals surface area contributed by atoms with Crippen molar-refractivity contribution in [3.63, 3.8) is 0 Å². The zero-order valence-electron chi connectivity index (χ0n) is 9.02. The lowest BCUT2D eigenvalue weighted by Crippen LogP contribution is -2.17. The summed E-state index contributed by atoms with van der Waals surface area (Å²) in [6.45, 7) is 1.05. The summed E-state index contributed by atoms with van der Waals surface area (Å²) in [6.07, 6.45) is 8.85. The molecule has 0 aromatic carbocycles. The highest BCUT2D eigenvalue weighted by atomic mass is 16.3. The predicted octanol–water partition coefficient (Wildman–Crippen LogP) is 2.37. The van der Waals surface area contributed by atoms with Gasteiger partial charge in [0.2, 0.25) is 0 Å². The maximum Gasteiger partial charge on any atom is 0.112 e. The smallest absolute Gasteiger partial charge is 0.112 e. The monoisotopic (exact) mass is 206 g/mol. The second kappa shape index (κ2) is 3.63. The van der Waals surface area contributed by atoms with E-state index in [9.17, 15) is 5.11 Å². The summed E-state index contributed by atoms with van der Waals surface area (Å²) < 4.78 is 2.27. The molecule has 3 heteroatoms. The Hall–Kier alpha value is -0.830. The van der Waals surface area contributed by atoms with Gasteiger partial charge in [0, 0.05) is 12.5 Å². The fraction of sp³-hybridized carbons (Fsp3) is 0.750. The molecule has 1 fully saturated rings. The molecule has 1 N–H and O–H groups in total. The average Bonchev–Trinajstić information content (AvgIpc) is 2.85. The Bertz CT molecular complexity index is 353. The van der Waals surface area contributed by atoms with Gasteiger partial charge in [-0.15, -0.1) is 0 Å². The van der Waals surface area contributed by atoms with E-state index in [1.807, 2.05) is 6.20 Å². The molecule has 0 saturated heterocycles. The second-order valence-corrected chi connectivity index (χ2v) is 4.83. The van der Waals surface area contributed by atoms with Crippen molar-refractivity contribution in [2.45, 2.75) is 57.1 Å². The minimum Gasteiger partial charge on any atom is -0.387 e. The molecule has 1 aromatic rings. The Labute approximate surface area is 90.1 Å². The molecule has 0 radical (unpaired) electrons. The Kier molecular flexibility index (Phi) is 2.28. The highest BCUT2D eigenvalue weighted by Gasteiger charge is 2.27. The van der Waals surface area contributed by atoms with Crippen molar-refractivity contribution >= 4 is 0 Å². The summed E-state index contributed by atoms with van der Waals surface area (Å²) in [6, 6.07) is 0. The van der Waals surface area contributed by atoms with E-state index in [1.54, 1.807) is 0 Å². The molecule has 1 aromatic heterocycles. The van der Waals surface area contributed by atoms with Crippen molar-refractivity contribution in [3.05, 3.63) is 17.7 Å². The van der Waals surface area contributed by atoms with E-state index in [0.717, 1.165) is 25.1 Å². The maximum atomic E-state index is 9.86. The van der Waals surface area contributed by atoms with Crippen LogP contribution in [0.5, 0.6) is 0 Å². The first-order valence-electron chi connectivity index (χ1n) is 6.09. The molecule has 1 unspecified atom stereocenters. The third kappa shape index (κ3) is 1.49. The second-order valence-electron chi connectivity index (χ2n) is 4.83. The van der Waals surface area contributed by atoms with Gasteiger partial charge in [0.15, 0.2) is 0 Å². The van der Waals surface area contributed by atoms with Gasteiger partial charge in [-0.05, 0) is 25.7 Å². The van der Waals surface area contributed by atoms with Crippen LogP contribution in [-0.4, -0.2) is 14.7 Å². The fourth-order valence-corrected chi connectivity index (χ4v) is 3.01. The van der Waals surface area contributed by atoms with Gasteiger partial charge >= 0.3 is 0 Å². The molecule has 3 nitrogen and oxygen atoms in total. The van der Waals surface area contributed by atoms with Crippen LogP contribution in [0.15, 0.2) is 6.20 Å². The van der Waals surface area contributed by atoms with Gasteiger partial charge < -0.3 is 9.67 Å². The minimum atomic E-state index is -0.276. The lowest BCUT2D eigenvalue weighted by atomic mass is 10.0. The number of fused-ring (bicyclic) bond motifs is 1. The molecule has 0 amide bonds. The number of hydrogen-bond acceptors (Lipinski definition) is 2. The van der Waals surface area contributed by atoms with Crippen molar-refractivity contribution in [1.29, 1.82) is 0 Å². The first-order valence-corrected chi connectivity index (χ1v) is 6.09. The number of rotatable bonds is 1. The van der Waals surface area contributed by atoms with Crippen LogP contribution in [0.25, 0.3) is 0 Å². The summed E-state index contributed by atoms with van der Waals surface area (Å²) in [5.41, 5.74) is 1.04. The third-order valence-electron chi connectivity index (χ3n) is 3.84. The maximum absolute atomic E-state index is 9.86. The van der Waals surface area contributed by atoms with Crippen molar-refractivity contribution in [2.75, 3.05) is 0 Å². The summed E-state index contributed by atoms with van der Waals surface area (Å²) >= 11 is 0. The van der Waals surface area contributed by atoms with Crippen molar-refractivity contribution in [2.24, 2.45) is 0 Å². The van der Waals surface area contributed by atoms with Crippen LogP contribution < -0.4 is 0 Å². The van der Waals surface area contributed by atoms with Crippen LogP contribution in [0.2, 0.25) is 0 Å². The van der Waals surface area contributed by atoms with Crippen LogP contribution in [0.1, 0.15) is 62.1 Å². The zero-order valence-corrected chi connectivity index (χ0v) is 9.02. The average molecular weight is 206 g/mol. The first-order chi connectivity index (χ1) is 7.36. The lowest BCUT2D eigenvalue weighted by Gasteiger charge is -2.22. The zero-order chi connectivity index (χ0) is 10.3. The Morgan fingerprint density at radius 2 is 2.00 bits per heavy atom. The molecule has 1 saturated carbocycles. The Morgan fingerprint density at radius 1 is 1.20 bits per heavy atom.